The molecule has 1 aromatic heterocycles. The molecule has 1 unspecified atom stereocenters. The summed E-state index contributed by atoms with van der Waals surface area (Å²) in [6, 6.07) is 13.7. The maximum absolute atomic E-state index is 10.6. The molecule has 0 spiro atoms. The van der Waals surface area contributed by atoms with Gasteiger partial charge >= 0.3 is 0 Å². The number of nitrogens with zero attached hydrogens (tertiary/aromatic N) is 1. The van der Waals surface area contributed by atoms with Crippen LogP contribution in [0.4, 0.5) is 0 Å². The zero-order chi connectivity index (χ0) is 17.4. The number of fused-ring (bicyclic) bond motifs is 3. The first kappa shape index (κ1) is 18.0. The number of benzene rings is 2. The molecule has 2 N–H and O–H groups in total. The van der Waals surface area contributed by atoms with Crippen LogP contribution in [0.15, 0.2) is 36.4 Å². The van der Waals surface area contributed by atoms with Crippen molar-refractivity contribution in [2.45, 2.75) is 44.4 Å². The molecule has 0 aliphatic heterocycles. The predicted molar refractivity (Wildman–Crippen MR) is 121 cm³/mol. The maximum Gasteiger partial charge on any atom is 0.0843 e. The molecule has 0 amide bonds. The van der Waals surface area contributed by atoms with Gasteiger partial charge in [-0.05, 0) is 94.4 Å². The lowest BCUT2D eigenvalue weighted by Gasteiger charge is -2.18. The van der Waals surface area contributed by atoms with E-state index in [4.69, 9.17) is 0 Å². The Kier molecular flexibility index (Phi) is 5.54. The highest BCUT2D eigenvalue weighted by molar-refractivity contribution is 14.1. The average Bonchev–Trinajstić information content (AvgIpc) is 3.20. The van der Waals surface area contributed by atoms with Crippen molar-refractivity contribution in [1.29, 1.82) is 0 Å². The van der Waals surface area contributed by atoms with Gasteiger partial charge < -0.3 is 15.0 Å². The Hall–Kier alpha value is -0.380. The Morgan fingerprint density at radius 3 is 2.12 bits per heavy atom. The van der Waals surface area contributed by atoms with Gasteiger partial charge in [0.1, 0.15) is 0 Å². The summed E-state index contributed by atoms with van der Waals surface area (Å²) in [5.74, 6) is 0. The topological polar surface area (TPSA) is 37.2 Å². The van der Waals surface area contributed by atoms with E-state index < -0.39 is 0 Å². The zero-order valence-corrected chi connectivity index (χ0v) is 18.3. The van der Waals surface area contributed by atoms with Gasteiger partial charge in [0.05, 0.1) is 12.6 Å². The van der Waals surface area contributed by atoms with Crippen LogP contribution in [0, 0.1) is 7.14 Å². The Bertz CT molecular complexity index is 840. The number of nitrogens with one attached hydrogen (secondary N) is 1. The lowest BCUT2D eigenvalue weighted by atomic mass is 10.2. The van der Waals surface area contributed by atoms with Gasteiger partial charge in [-0.25, -0.2) is 0 Å². The normalized spacial score (nSPS) is 16.9. The van der Waals surface area contributed by atoms with Gasteiger partial charge in [-0.1, -0.05) is 12.8 Å². The third kappa shape index (κ3) is 3.84. The molecule has 1 heterocycles. The quantitative estimate of drug-likeness (QED) is 0.437. The lowest BCUT2D eigenvalue weighted by Crippen LogP contribution is -2.35. The van der Waals surface area contributed by atoms with Gasteiger partial charge in [0, 0.05) is 41.5 Å². The van der Waals surface area contributed by atoms with Crippen molar-refractivity contribution in [3.8, 4) is 0 Å². The molecule has 0 radical (unpaired) electrons. The minimum atomic E-state index is -0.377. The summed E-state index contributed by atoms with van der Waals surface area (Å²) in [7, 11) is 0. The van der Waals surface area contributed by atoms with Crippen LogP contribution in [0.2, 0.25) is 0 Å². The molecule has 25 heavy (non-hydrogen) atoms. The number of aliphatic hydroxyl groups excluding tert-OH is 1. The molecule has 3 nitrogen and oxygen atoms in total. The second kappa shape index (κ2) is 7.70. The largest absolute Gasteiger partial charge is 0.390 e. The summed E-state index contributed by atoms with van der Waals surface area (Å²) >= 11 is 4.74. The second-order valence-corrected chi connectivity index (χ2v) is 9.47. The monoisotopic (exact) mass is 560 g/mol. The summed E-state index contributed by atoms with van der Waals surface area (Å²) < 4.78 is 4.76. The fourth-order valence-electron chi connectivity index (χ4n) is 3.95. The summed E-state index contributed by atoms with van der Waals surface area (Å²) in [5, 5.41) is 16.7. The molecule has 4 rings (SSSR count). The standard InChI is InChI=1S/C20H22I2N2O/c21-13-5-7-19-17(9-13)18-10-14(22)6-8-20(18)24(19)12-16(25)11-23-15-3-1-2-4-15/h5-10,15-16,23,25H,1-4,11-12H2. The minimum absolute atomic E-state index is 0.377. The molecule has 5 heteroatoms. The molecule has 2 aromatic carbocycles. The van der Waals surface area contributed by atoms with Crippen LogP contribution in [0.25, 0.3) is 21.8 Å². The van der Waals surface area contributed by atoms with Crippen LogP contribution in [0.5, 0.6) is 0 Å². The Morgan fingerprint density at radius 2 is 1.56 bits per heavy atom. The SMILES string of the molecule is OC(CNC1CCCC1)Cn1c2ccc(I)cc2c2cc(I)ccc21. The number of hydrogen-bond acceptors (Lipinski definition) is 2. The Balaban J connectivity index is 1.65. The second-order valence-electron chi connectivity index (χ2n) is 6.98. The molecule has 1 saturated carbocycles. The Morgan fingerprint density at radius 1 is 1.00 bits per heavy atom. The third-order valence-electron chi connectivity index (χ3n) is 5.18. The van der Waals surface area contributed by atoms with E-state index in [1.165, 1.54) is 54.6 Å². The van der Waals surface area contributed by atoms with Crippen LogP contribution in [0.1, 0.15) is 25.7 Å². The molecule has 132 valence electrons. The summed E-state index contributed by atoms with van der Waals surface area (Å²) in [6.07, 6.45) is 4.76. The van der Waals surface area contributed by atoms with Gasteiger partial charge in [0.2, 0.25) is 0 Å². The molecule has 1 fully saturated rings. The molecule has 0 bridgehead atoms. The minimum Gasteiger partial charge on any atom is -0.390 e. The molecule has 1 atom stereocenters. The average molecular weight is 560 g/mol. The number of halogens is 2. The summed E-state index contributed by atoms with van der Waals surface area (Å²) in [5.41, 5.74) is 2.41. The number of aromatic nitrogens is 1. The third-order valence-corrected chi connectivity index (χ3v) is 6.52. The Labute approximate surface area is 175 Å². The first-order chi connectivity index (χ1) is 12.1. The molecular weight excluding hydrogens is 538 g/mol. The highest BCUT2D eigenvalue weighted by atomic mass is 127. The van der Waals surface area contributed by atoms with E-state index in [1.807, 2.05) is 0 Å². The fourth-order valence-corrected chi connectivity index (χ4v) is 4.94. The van der Waals surface area contributed by atoms with Crippen LogP contribution in [0.3, 0.4) is 0 Å². The van der Waals surface area contributed by atoms with E-state index in [0.717, 1.165) is 0 Å². The molecular formula is C20H22I2N2O. The smallest absolute Gasteiger partial charge is 0.0843 e. The van der Waals surface area contributed by atoms with Crippen LogP contribution in [-0.2, 0) is 6.54 Å². The lowest BCUT2D eigenvalue weighted by molar-refractivity contribution is 0.150. The van der Waals surface area contributed by atoms with Gasteiger partial charge in [0.25, 0.3) is 0 Å². The van der Waals surface area contributed by atoms with Crippen molar-refractivity contribution < 1.29 is 5.11 Å². The van der Waals surface area contributed by atoms with E-state index >= 15 is 0 Å². The summed E-state index contributed by atoms with van der Waals surface area (Å²) in [4.78, 5) is 0. The van der Waals surface area contributed by atoms with Crippen LogP contribution < -0.4 is 5.32 Å². The predicted octanol–water partition coefficient (Wildman–Crippen LogP) is 4.90. The fraction of sp³-hybridized carbons (Fsp3) is 0.400. The van der Waals surface area contributed by atoms with Gasteiger partial charge in [-0.15, -0.1) is 0 Å². The van der Waals surface area contributed by atoms with E-state index in [2.05, 4.69) is 91.5 Å². The molecule has 0 saturated heterocycles. The van der Waals surface area contributed by atoms with Crippen molar-refractivity contribution >= 4 is 67.0 Å². The highest BCUT2D eigenvalue weighted by Gasteiger charge is 2.18. The number of hydrogen-bond donors (Lipinski definition) is 2. The van der Waals surface area contributed by atoms with E-state index in [9.17, 15) is 5.11 Å². The van der Waals surface area contributed by atoms with E-state index in [-0.39, 0.29) is 6.10 Å². The molecule has 3 aromatic rings. The van der Waals surface area contributed by atoms with Gasteiger partial charge in [0.15, 0.2) is 0 Å². The first-order valence-corrected chi connectivity index (χ1v) is 11.1. The zero-order valence-electron chi connectivity index (χ0n) is 14.0. The van der Waals surface area contributed by atoms with Crippen LogP contribution >= 0.6 is 45.2 Å². The number of rotatable bonds is 5. The van der Waals surface area contributed by atoms with Crippen molar-refractivity contribution in [2.75, 3.05) is 6.54 Å². The highest BCUT2D eigenvalue weighted by Crippen LogP contribution is 2.31. The van der Waals surface area contributed by atoms with Crippen molar-refractivity contribution in [2.24, 2.45) is 0 Å². The van der Waals surface area contributed by atoms with E-state index in [1.54, 1.807) is 0 Å². The first-order valence-electron chi connectivity index (χ1n) is 8.90. The van der Waals surface area contributed by atoms with Crippen molar-refractivity contribution in [3.63, 3.8) is 0 Å². The van der Waals surface area contributed by atoms with Crippen LogP contribution in [-0.4, -0.2) is 28.4 Å². The van der Waals surface area contributed by atoms with Crippen molar-refractivity contribution in [1.82, 2.24) is 9.88 Å². The van der Waals surface area contributed by atoms with Crippen molar-refractivity contribution in [3.05, 3.63) is 43.5 Å². The van der Waals surface area contributed by atoms with Gasteiger partial charge in [-0.3, -0.25) is 0 Å². The summed E-state index contributed by atoms with van der Waals surface area (Å²) in [6.45, 7) is 1.29. The van der Waals surface area contributed by atoms with Gasteiger partial charge in [-0.2, -0.15) is 0 Å². The van der Waals surface area contributed by atoms with E-state index in [0.29, 0.717) is 19.1 Å². The molecule has 1 aliphatic rings. The maximum atomic E-state index is 10.6. The molecule has 1 aliphatic carbocycles. The number of aliphatic hydroxyl groups is 1.